The Bertz CT molecular complexity index is 1420. The maximum atomic E-state index is 13.5. The summed E-state index contributed by atoms with van der Waals surface area (Å²) in [5.74, 6) is -0.947. The lowest BCUT2D eigenvalue weighted by Gasteiger charge is -2.28. The Morgan fingerprint density at radius 3 is 2.94 bits per heavy atom. The maximum Gasteiger partial charge on any atom is 0.227 e. The van der Waals surface area contributed by atoms with Crippen LogP contribution in [0.15, 0.2) is 51.9 Å². The van der Waals surface area contributed by atoms with Crippen LogP contribution in [0.1, 0.15) is 40.7 Å². The second-order valence-corrected chi connectivity index (χ2v) is 8.62. The zero-order valence-corrected chi connectivity index (χ0v) is 19.1. The first-order valence-corrected chi connectivity index (χ1v) is 11.1. The van der Waals surface area contributed by atoms with Crippen LogP contribution in [0.2, 0.25) is 0 Å². The zero-order chi connectivity index (χ0) is 23.8. The van der Waals surface area contributed by atoms with Crippen LogP contribution in [-0.4, -0.2) is 44.3 Å². The number of H-pyrrole nitrogens is 1. The summed E-state index contributed by atoms with van der Waals surface area (Å²) < 4.78 is 12.6. The van der Waals surface area contributed by atoms with E-state index in [1.54, 1.807) is 29.0 Å². The number of methoxy groups -OCH3 is 1. The van der Waals surface area contributed by atoms with Gasteiger partial charge in [-0.05, 0) is 18.1 Å². The van der Waals surface area contributed by atoms with Crippen molar-refractivity contribution < 1.29 is 19.1 Å². The van der Waals surface area contributed by atoms with Crippen molar-refractivity contribution in [1.29, 1.82) is 0 Å². The number of fused-ring (bicyclic) bond motifs is 3. The molecule has 4 heterocycles. The molecule has 0 aliphatic carbocycles. The van der Waals surface area contributed by atoms with Gasteiger partial charge in [-0.1, -0.05) is 18.2 Å². The lowest BCUT2D eigenvalue weighted by Crippen LogP contribution is -2.36. The number of aromatic hydroxyl groups is 1. The van der Waals surface area contributed by atoms with Gasteiger partial charge >= 0.3 is 0 Å². The summed E-state index contributed by atoms with van der Waals surface area (Å²) in [5.41, 5.74) is 3.45. The molecule has 4 aromatic rings. The normalized spacial score (nSPS) is 14.4. The molecule has 0 saturated carbocycles. The molecule has 0 radical (unpaired) electrons. The van der Waals surface area contributed by atoms with E-state index in [0.29, 0.717) is 18.7 Å². The summed E-state index contributed by atoms with van der Waals surface area (Å²) in [6.07, 6.45) is 4.15. The molecule has 9 nitrogen and oxygen atoms in total. The number of rotatable bonds is 6. The molecule has 1 atom stereocenters. The van der Waals surface area contributed by atoms with E-state index in [-0.39, 0.29) is 30.5 Å². The van der Waals surface area contributed by atoms with Crippen LogP contribution in [0, 0.1) is 0 Å². The van der Waals surface area contributed by atoms with E-state index in [2.05, 4.69) is 16.1 Å². The number of amides is 1. The number of para-hydroxylation sites is 1. The lowest BCUT2D eigenvalue weighted by molar-refractivity contribution is -0.132. The fraction of sp³-hybridized carbons (Fsp3) is 0.320. The van der Waals surface area contributed by atoms with Gasteiger partial charge in [-0.15, -0.1) is 0 Å². The largest absolute Gasteiger partial charge is 0.502 e. The predicted octanol–water partition coefficient (Wildman–Crippen LogP) is 2.81. The third-order valence-corrected chi connectivity index (χ3v) is 6.34. The van der Waals surface area contributed by atoms with Gasteiger partial charge in [-0.2, -0.15) is 5.10 Å². The molecule has 1 aliphatic rings. The smallest absolute Gasteiger partial charge is 0.227 e. The number of carbonyl (C=O) groups is 1. The summed E-state index contributed by atoms with van der Waals surface area (Å²) >= 11 is 0. The fourth-order valence-corrected chi connectivity index (χ4v) is 4.70. The first-order valence-electron chi connectivity index (χ1n) is 11.1. The van der Waals surface area contributed by atoms with Gasteiger partial charge in [0.2, 0.25) is 17.1 Å². The quantitative estimate of drug-likeness (QED) is 0.456. The van der Waals surface area contributed by atoms with Crippen molar-refractivity contribution in [2.24, 2.45) is 7.05 Å². The second-order valence-electron chi connectivity index (χ2n) is 8.62. The number of aromatic nitrogens is 3. The van der Waals surface area contributed by atoms with Gasteiger partial charge in [0.05, 0.1) is 18.7 Å². The van der Waals surface area contributed by atoms with Crippen molar-refractivity contribution >= 4 is 16.8 Å². The minimum Gasteiger partial charge on any atom is -0.502 e. The molecule has 0 fully saturated rings. The summed E-state index contributed by atoms with van der Waals surface area (Å²) in [4.78, 5) is 31.1. The number of hydrogen-bond donors (Lipinski definition) is 2. The summed E-state index contributed by atoms with van der Waals surface area (Å²) in [6.45, 7) is 1.14. The van der Waals surface area contributed by atoms with Crippen LogP contribution in [-0.2, 0) is 36.2 Å². The highest BCUT2D eigenvalue weighted by atomic mass is 16.5. The van der Waals surface area contributed by atoms with Crippen LogP contribution in [0.3, 0.4) is 0 Å². The van der Waals surface area contributed by atoms with Crippen LogP contribution >= 0.6 is 0 Å². The van der Waals surface area contributed by atoms with Gasteiger partial charge in [-0.25, -0.2) is 0 Å². The molecule has 1 amide bonds. The molecule has 1 unspecified atom stereocenters. The Kier molecular flexibility index (Phi) is 5.70. The van der Waals surface area contributed by atoms with Crippen LogP contribution < -0.4 is 5.43 Å². The molecule has 0 spiro atoms. The zero-order valence-electron chi connectivity index (χ0n) is 19.1. The number of aryl methyl sites for hydroxylation is 1. The predicted molar refractivity (Wildman–Crippen MR) is 124 cm³/mol. The minimum atomic E-state index is -0.671. The number of nitrogens with one attached hydrogen (secondary N) is 1. The number of benzene rings is 1. The fourth-order valence-electron chi connectivity index (χ4n) is 4.70. The average Bonchev–Trinajstić information content (AvgIpc) is 3.42. The molecule has 3 aromatic heterocycles. The second kappa shape index (κ2) is 8.83. The van der Waals surface area contributed by atoms with E-state index in [9.17, 15) is 14.7 Å². The first-order chi connectivity index (χ1) is 16.4. The standard InChI is InChI=1S/C25H26N4O5/c1-28-12-15(11-26-28)19(25-24(32)22(30)9-16(34-25)14-33-2)10-23(31)29-8-7-18-17-5-3-4-6-20(17)27-21(18)13-29/h3-6,9,11-12,19,27,32H,7-8,10,13-14H2,1-2H3. The van der Waals surface area contributed by atoms with E-state index in [1.807, 2.05) is 18.2 Å². The van der Waals surface area contributed by atoms with E-state index in [0.717, 1.165) is 17.6 Å². The molecule has 5 rings (SSSR count). The first kappa shape index (κ1) is 22.0. The topological polar surface area (TPSA) is 114 Å². The van der Waals surface area contributed by atoms with Crippen molar-refractivity contribution in [3.8, 4) is 5.75 Å². The molecular formula is C25H26N4O5. The van der Waals surface area contributed by atoms with Gasteiger partial charge in [0, 0.05) is 61.5 Å². The molecule has 0 bridgehead atoms. The third-order valence-electron chi connectivity index (χ3n) is 6.34. The summed E-state index contributed by atoms with van der Waals surface area (Å²) in [7, 11) is 3.26. The van der Waals surface area contributed by atoms with E-state index in [1.165, 1.54) is 24.1 Å². The van der Waals surface area contributed by atoms with Crippen LogP contribution in [0.4, 0.5) is 0 Å². The van der Waals surface area contributed by atoms with Crippen LogP contribution in [0.5, 0.6) is 5.75 Å². The van der Waals surface area contributed by atoms with Gasteiger partial charge < -0.3 is 24.1 Å². The summed E-state index contributed by atoms with van der Waals surface area (Å²) in [5, 5.41) is 16.0. The number of ether oxygens (including phenoxy) is 1. The molecule has 1 aliphatic heterocycles. The van der Waals surface area contributed by atoms with Crippen molar-refractivity contribution in [2.75, 3.05) is 13.7 Å². The van der Waals surface area contributed by atoms with Crippen LogP contribution in [0.25, 0.3) is 10.9 Å². The van der Waals surface area contributed by atoms with Crippen molar-refractivity contribution in [3.05, 3.63) is 81.3 Å². The lowest BCUT2D eigenvalue weighted by atomic mass is 9.93. The van der Waals surface area contributed by atoms with E-state index < -0.39 is 17.1 Å². The minimum absolute atomic E-state index is 0.0220. The number of carbonyl (C=O) groups excluding carboxylic acids is 1. The average molecular weight is 463 g/mol. The number of hydrogen-bond acceptors (Lipinski definition) is 6. The molecule has 34 heavy (non-hydrogen) atoms. The van der Waals surface area contributed by atoms with Gasteiger partial charge in [-0.3, -0.25) is 14.3 Å². The molecule has 2 N–H and O–H groups in total. The van der Waals surface area contributed by atoms with Crippen molar-refractivity contribution in [3.63, 3.8) is 0 Å². The van der Waals surface area contributed by atoms with Crippen molar-refractivity contribution in [2.45, 2.75) is 31.9 Å². The number of aromatic amines is 1. The molecule has 9 heteroatoms. The Hall–Kier alpha value is -3.85. The monoisotopic (exact) mass is 462 g/mol. The maximum absolute atomic E-state index is 13.5. The summed E-state index contributed by atoms with van der Waals surface area (Å²) in [6, 6.07) is 9.34. The molecular weight excluding hydrogens is 436 g/mol. The highest BCUT2D eigenvalue weighted by molar-refractivity contribution is 5.86. The SMILES string of the molecule is COCc1cc(=O)c(O)c(C(CC(=O)N2CCc3c([nH]c4ccccc34)C2)c2cnn(C)c2)o1. The highest BCUT2D eigenvalue weighted by Crippen LogP contribution is 2.34. The Morgan fingerprint density at radius 2 is 2.18 bits per heavy atom. The molecule has 0 saturated heterocycles. The van der Waals surface area contributed by atoms with Gasteiger partial charge in [0.25, 0.3) is 0 Å². The number of nitrogens with zero attached hydrogens (tertiary/aromatic N) is 3. The third kappa shape index (κ3) is 3.99. The van der Waals surface area contributed by atoms with Gasteiger partial charge in [0.1, 0.15) is 12.4 Å². The Morgan fingerprint density at radius 1 is 1.35 bits per heavy atom. The van der Waals surface area contributed by atoms with Gasteiger partial charge in [0.15, 0.2) is 5.76 Å². The van der Waals surface area contributed by atoms with E-state index >= 15 is 0 Å². The Balaban J connectivity index is 1.46. The molecule has 176 valence electrons. The molecule has 1 aromatic carbocycles. The van der Waals surface area contributed by atoms with E-state index in [4.69, 9.17) is 9.15 Å². The Labute approximate surface area is 195 Å². The highest BCUT2D eigenvalue weighted by Gasteiger charge is 2.31. The van der Waals surface area contributed by atoms with Crippen molar-refractivity contribution in [1.82, 2.24) is 19.7 Å².